The van der Waals surface area contributed by atoms with Crippen molar-refractivity contribution < 1.29 is 33.0 Å². The molecule has 1 saturated heterocycles. The summed E-state index contributed by atoms with van der Waals surface area (Å²) in [5, 5.41) is 14.4. The number of thiazole rings is 1. The number of nitrogens with one attached hydrogen (secondary N) is 1. The molecule has 1 fully saturated rings. The van der Waals surface area contributed by atoms with Gasteiger partial charge in [-0.05, 0) is 13.0 Å². The van der Waals surface area contributed by atoms with E-state index in [1.807, 2.05) is 0 Å². The number of carboxylic acids is 1. The van der Waals surface area contributed by atoms with Gasteiger partial charge in [0.15, 0.2) is 22.5 Å². The molecule has 9 nitrogen and oxygen atoms in total. The number of ether oxygens (including phenoxy) is 2. The van der Waals surface area contributed by atoms with Crippen LogP contribution in [-0.4, -0.2) is 71.7 Å². The molecule has 2 atom stereocenters. The van der Waals surface area contributed by atoms with Gasteiger partial charge in [-0.15, -0.1) is 11.3 Å². The summed E-state index contributed by atoms with van der Waals surface area (Å²) in [7, 11) is 0. The van der Waals surface area contributed by atoms with Gasteiger partial charge in [-0.25, -0.2) is 18.6 Å². The van der Waals surface area contributed by atoms with Crippen LogP contribution in [0.25, 0.3) is 0 Å². The lowest BCUT2D eigenvalue weighted by molar-refractivity contribution is -0.149. The molecule has 1 aromatic carbocycles. The third kappa shape index (κ3) is 5.20. The van der Waals surface area contributed by atoms with Gasteiger partial charge < -0.3 is 19.9 Å². The van der Waals surface area contributed by atoms with Crippen molar-refractivity contribution in [2.75, 3.05) is 32.9 Å². The van der Waals surface area contributed by atoms with Crippen LogP contribution < -0.4 is 5.32 Å². The van der Waals surface area contributed by atoms with Gasteiger partial charge in [0.05, 0.1) is 30.4 Å². The van der Waals surface area contributed by atoms with E-state index in [2.05, 4.69) is 15.3 Å². The minimum absolute atomic E-state index is 0.00331. The van der Waals surface area contributed by atoms with Crippen molar-refractivity contribution in [3.05, 3.63) is 62.2 Å². The topological polar surface area (TPSA) is 113 Å². The number of carboxylic acid groups (broad SMARTS) is 1. The predicted octanol–water partition coefficient (Wildman–Crippen LogP) is 2.77. The number of hydrogen-bond acceptors (Lipinski definition) is 9. The van der Waals surface area contributed by atoms with Crippen LogP contribution in [0.3, 0.4) is 0 Å². The van der Waals surface area contributed by atoms with Gasteiger partial charge >= 0.3 is 11.9 Å². The molecule has 35 heavy (non-hydrogen) atoms. The van der Waals surface area contributed by atoms with E-state index in [-0.39, 0.29) is 36.7 Å². The molecule has 4 rings (SSSR count). The minimum Gasteiger partial charge on any atom is -0.480 e. The van der Waals surface area contributed by atoms with Gasteiger partial charge in [-0.3, -0.25) is 14.7 Å². The third-order valence-corrected chi connectivity index (χ3v) is 6.67. The van der Waals surface area contributed by atoms with E-state index in [0.717, 1.165) is 6.07 Å². The molecule has 0 bridgehead atoms. The lowest BCUT2D eigenvalue weighted by Crippen LogP contribution is -2.52. The van der Waals surface area contributed by atoms with E-state index in [0.29, 0.717) is 23.9 Å². The zero-order valence-corrected chi connectivity index (χ0v) is 20.0. The lowest BCUT2D eigenvalue weighted by Gasteiger charge is -2.35. The van der Waals surface area contributed by atoms with Crippen LogP contribution in [0.2, 0.25) is 5.02 Å². The average molecular weight is 527 g/mol. The molecule has 0 unspecified atom stereocenters. The van der Waals surface area contributed by atoms with Gasteiger partial charge in [-0.1, -0.05) is 17.7 Å². The van der Waals surface area contributed by atoms with E-state index in [1.54, 1.807) is 23.4 Å². The van der Waals surface area contributed by atoms with Crippen LogP contribution in [0.15, 0.2) is 40.0 Å². The Morgan fingerprint density at radius 2 is 2.20 bits per heavy atom. The molecule has 0 amide bonds. The van der Waals surface area contributed by atoms with Gasteiger partial charge in [-0.2, -0.15) is 0 Å². The van der Waals surface area contributed by atoms with E-state index < -0.39 is 40.7 Å². The maximum absolute atomic E-state index is 14.4. The fraction of sp³-hybridized carbons (Fsp3) is 0.364. The monoisotopic (exact) mass is 526 g/mol. The summed E-state index contributed by atoms with van der Waals surface area (Å²) in [5.74, 6) is -3.96. The number of halogens is 3. The SMILES string of the molecule is CCOC(=O)C1=C(CN2CCOC[C@H]2C(=O)O)NC(c2nccs2)=N[C@H]1c1ccc(F)c(F)c1Cl. The Morgan fingerprint density at radius 1 is 1.40 bits per heavy atom. The van der Waals surface area contributed by atoms with Gasteiger partial charge in [0.1, 0.15) is 12.1 Å². The standard InChI is InChI=1S/C22H21ClF2N4O5S/c1-2-34-22(32)15-13(9-29-6-7-33-10-14(29)21(30)31)27-19(20-26-5-8-35-20)28-18(15)11-3-4-12(24)17(25)16(11)23/h3-5,8,14,18H,2,6-7,9-10H2,1H3,(H,27,28)(H,30,31)/t14-,18-/m0/s1. The van der Waals surface area contributed by atoms with Crippen LogP contribution in [0.1, 0.15) is 23.5 Å². The highest BCUT2D eigenvalue weighted by Gasteiger charge is 2.37. The first kappa shape index (κ1) is 25.2. The molecule has 13 heteroatoms. The van der Waals surface area contributed by atoms with Crippen molar-refractivity contribution in [2.24, 2.45) is 4.99 Å². The summed E-state index contributed by atoms with van der Waals surface area (Å²) in [4.78, 5) is 35.4. The quantitative estimate of drug-likeness (QED) is 0.418. The number of benzene rings is 1. The second kappa shape index (κ2) is 10.8. The maximum atomic E-state index is 14.4. The summed E-state index contributed by atoms with van der Waals surface area (Å²) < 4.78 is 38.8. The first-order valence-electron chi connectivity index (χ1n) is 10.6. The number of esters is 1. The van der Waals surface area contributed by atoms with Crippen molar-refractivity contribution in [3.63, 3.8) is 0 Å². The first-order valence-corrected chi connectivity index (χ1v) is 11.9. The first-order chi connectivity index (χ1) is 16.8. The van der Waals surface area contributed by atoms with Crippen LogP contribution in [0.4, 0.5) is 8.78 Å². The Kier molecular flexibility index (Phi) is 7.75. The van der Waals surface area contributed by atoms with Crippen molar-refractivity contribution in [1.82, 2.24) is 15.2 Å². The Morgan fingerprint density at radius 3 is 2.89 bits per heavy atom. The number of hydrogen-bond donors (Lipinski definition) is 2. The number of carbonyl (C=O) groups excluding carboxylic acids is 1. The number of aliphatic carboxylic acids is 1. The van der Waals surface area contributed by atoms with E-state index >= 15 is 0 Å². The summed E-state index contributed by atoms with van der Waals surface area (Å²) in [6.07, 6.45) is 1.57. The second-order valence-electron chi connectivity index (χ2n) is 7.62. The molecule has 0 saturated carbocycles. The zero-order chi connectivity index (χ0) is 25.1. The number of carbonyl (C=O) groups is 2. The summed E-state index contributed by atoms with van der Waals surface area (Å²) in [6.45, 7) is 2.24. The molecule has 0 radical (unpaired) electrons. The molecule has 2 aromatic rings. The van der Waals surface area contributed by atoms with Crippen LogP contribution in [0.5, 0.6) is 0 Å². The molecular formula is C22H21ClF2N4O5S. The maximum Gasteiger partial charge on any atom is 0.338 e. The van der Waals surface area contributed by atoms with Crippen LogP contribution in [-0.2, 0) is 19.1 Å². The summed E-state index contributed by atoms with van der Waals surface area (Å²) in [6, 6.07) is 0.0537. The third-order valence-electron chi connectivity index (χ3n) is 5.50. The van der Waals surface area contributed by atoms with Gasteiger partial charge in [0, 0.05) is 35.9 Å². The van der Waals surface area contributed by atoms with Crippen LogP contribution >= 0.6 is 22.9 Å². The molecule has 2 N–H and O–H groups in total. The molecule has 186 valence electrons. The smallest absolute Gasteiger partial charge is 0.338 e. The van der Waals surface area contributed by atoms with Crippen LogP contribution in [0, 0.1) is 11.6 Å². The van der Waals surface area contributed by atoms with Gasteiger partial charge in [0.25, 0.3) is 0 Å². The number of aliphatic imine (C=N–C) groups is 1. The van der Waals surface area contributed by atoms with Gasteiger partial charge in [0.2, 0.25) is 0 Å². The molecule has 3 heterocycles. The molecular weight excluding hydrogens is 506 g/mol. The van der Waals surface area contributed by atoms with Crippen molar-refractivity contribution in [3.8, 4) is 0 Å². The highest BCUT2D eigenvalue weighted by Crippen LogP contribution is 2.38. The van der Waals surface area contributed by atoms with E-state index in [4.69, 9.17) is 21.1 Å². The molecule has 0 spiro atoms. The Labute approximate surface area is 208 Å². The fourth-order valence-corrected chi connectivity index (χ4v) is 4.70. The average Bonchev–Trinajstić information content (AvgIpc) is 3.38. The summed E-state index contributed by atoms with van der Waals surface area (Å²) in [5.41, 5.74) is 0.358. The van der Waals surface area contributed by atoms with E-state index in [9.17, 15) is 23.5 Å². The fourth-order valence-electron chi connectivity index (χ4n) is 3.85. The number of morpholine rings is 1. The minimum atomic E-state index is -1.27. The molecule has 0 aliphatic carbocycles. The molecule has 2 aliphatic rings. The number of rotatable bonds is 7. The largest absolute Gasteiger partial charge is 0.480 e. The lowest BCUT2D eigenvalue weighted by atomic mass is 9.94. The van der Waals surface area contributed by atoms with Crippen molar-refractivity contribution in [1.29, 1.82) is 0 Å². The highest BCUT2D eigenvalue weighted by atomic mass is 35.5. The highest BCUT2D eigenvalue weighted by molar-refractivity contribution is 7.11. The summed E-state index contributed by atoms with van der Waals surface area (Å²) >= 11 is 7.43. The predicted molar refractivity (Wildman–Crippen MR) is 123 cm³/mol. The molecule has 2 aliphatic heterocycles. The Hall–Kier alpha value is -2.93. The number of nitrogens with zero attached hydrogens (tertiary/aromatic N) is 3. The second-order valence-corrected chi connectivity index (χ2v) is 8.89. The normalized spacial score (nSPS) is 20.9. The number of amidine groups is 1. The Balaban J connectivity index is 1.86. The zero-order valence-electron chi connectivity index (χ0n) is 18.5. The Bertz CT molecular complexity index is 1190. The number of aromatic nitrogens is 1. The van der Waals surface area contributed by atoms with Crippen molar-refractivity contribution in [2.45, 2.75) is 19.0 Å². The molecule has 1 aromatic heterocycles. The van der Waals surface area contributed by atoms with E-state index in [1.165, 1.54) is 17.4 Å². The van der Waals surface area contributed by atoms with Crippen molar-refractivity contribution >= 4 is 40.7 Å².